The van der Waals surface area contributed by atoms with Crippen LogP contribution in [0.5, 0.6) is 0 Å². The van der Waals surface area contributed by atoms with Gasteiger partial charge >= 0.3 is 11.5 Å². The second kappa shape index (κ2) is 12.1. The van der Waals surface area contributed by atoms with E-state index in [0.717, 1.165) is 50.0 Å². The summed E-state index contributed by atoms with van der Waals surface area (Å²) in [7, 11) is -1.80. The zero-order chi connectivity index (χ0) is 39.8. The number of fused-ring (bicyclic) bond motifs is 16. The molecule has 1 atom stereocenters. The minimum Gasteiger partial charge on any atom is -0.455 e. The Kier molecular flexibility index (Phi) is 7.02. The fourth-order valence-corrected chi connectivity index (χ4v) is 12.3. The Labute approximate surface area is 344 Å². The van der Waals surface area contributed by atoms with Gasteiger partial charge in [-0.2, -0.15) is 4.57 Å². The first-order chi connectivity index (χ1) is 28.7. The molecule has 282 valence electrons. The van der Waals surface area contributed by atoms with E-state index < -0.39 is 13.7 Å². The van der Waals surface area contributed by atoms with Gasteiger partial charge in [0.1, 0.15) is 16.8 Å². The van der Waals surface area contributed by atoms with Crippen molar-refractivity contribution in [2.24, 2.45) is 0 Å². The van der Waals surface area contributed by atoms with E-state index in [2.05, 4.69) is 217 Å². The number of pyridine rings is 1. The third kappa shape index (κ3) is 4.54. The Balaban J connectivity index is 1.35. The molecule has 59 heavy (non-hydrogen) atoms. The lowest BCUT2D eigenvalue weighted by atomic mass is 9.88. The average molecular weight is 778 g/mol. The maximum Gasteiger partial charge on any atom is 0.364 e. The molecule has 0 N–H and O–H groups in total. The van der Waals surface area contributed by atoms with Gasteiger partial charge in [-0.25, -0.2) is 0 Å². The SMILES string of the molecule is Cc1ccc2c(c1)C1(c3ccc4c(oc5ccccc54)c3-c3n(-c4c(-c5ccccc5)cccc4-c4ccccc4)c4ccccc4[n+]31)[n+]1cc([Si](C)(C)C)c(C)cc1-2. The summed E-state index contributed by atoms with van der Waals surface area (Å²) in [6.07, 6.45) is 2.53. The summed E-state index contributed by atoms with van der Waals surface area (Å²) in [5, 5.41) is 3.72. The molecule has 0 saturated heterocycles. The standard InChI is InChI=1S/C54H43N3OSi/c1-34-27-28-42-44(31-34)54(55-33-49(59(3,4)5)35(2)32-47(42)55)43-30-29-41-40-21-12-15-26-48(40)58-52(41)50(43)53-56(45-24-13-14-25-46(45)57(53)54)51-38(36-17-8-6-9-18-36)22-16-23-39(51)37-19-10-7-11-20-37/h6-33H,1-5H3/q+2. The zero-order valence-electron chi connectivity index (χ0n) is 33.9. The van der Waals surface area contributed by atoms with Crippen LogP contribution in [0.3, 0.4) is 0 Å². The van der Waals surface area contributed by atoms with Crippen LogP contribution >= 0.6 is 0 Å². The van der Waals surface area contributed by atoms with Crippen molar-refractivity contribution in [2.75, 3.05) is 0 Å². The summed E-state index contributed by atoms with van der Waals surface area (Å²) >= 11 is 0. The van der Waals surface area contributed by atoms with E-state index in [-0.39, 0.29) is 0 Å². The van der Waals surface area contributed by atoms with Crippen molar-refractivity contribution >= 4 is 46.2 Å². The van der Waals surface area contributed by atoms with Crippen LogP contribution < -0.4 is 14.3 Å². The maximum atomic E-state index is 7.14. The first-order valence-electron chi connectivity index (χ1n) is 20.7. The van der Waals surface area contributed by atoms with Crippen LogP contribution in [0.25, 0.3) is 83.6 Å². The Hall–Kier alpha value is -6.82. The van der Waals surface area contributed by atoms with Crippen molar-refractivity contribution in [3.8, 4) is 50.6 Å². The number of hydrogen-bond acceptors (Lipinski definition) is 1. The maximum absolute atomic E-state index is 7.14. The van der Waals surface area contributed by atoms with Gasteiger partial charge in [0.2, 0.25) is 5.69 Å². The monoisotopic (exact) mass is 777 g/mol. The van der Waals surface area contributed by atoms with E-state index in [1.807, 2.05) is 0 Å². The fraction of sp³-hybridized carbons (Fsp3) is 0.111. The Morgan fingerprint density at radius 3 is 2.00 bits per heavy atom. The highest BCUT2D eigenvalue weighted by atomic mass is 28.3. The molecule has 12 rings (SSSR count). The second-order valence-corrected chi connectivity index (χ2v) is 22.5. The Bertz CT molecular complexity index is 3330. The van der Waals surface area contributed by atoms with Gasteiger partial charge in [0.25, 0.3) is 0 Å². The molecule has 2 aliphatic heterocycles. The van der Waals surface area contributed by atoms with Crippen molar-refractivity contribution in [1.82, 2.24) is 4.57 Å². The van der Waals surface area contributed by atoms with Crippen molar-refractivity contribution in [2.45, 2.75) is 39.2 Å². The molecule has 0 amide bonds. The molecular weight excluding hydrogens is 735 g/mol. The smallest absolute Gasteiger partial charge is 0.364 e. The number of nitrogens with zero attached hydrogens (tertiary/aromatic N) is 3. The molecule has 5 heterocycles. The minimum absolute atomic E-state index is 0.754. The van der Waals surface area contributed by atoms with Gasteiger partial charge in [0.05, 0.1) is 24.8 Å². The predicted octanol–water partition coefficient (Wildman–Crippen LogP) is 11.9. The quantitative estimate of drug-likeness (QED) is 0.129. The van der Waals surface area contributed by atoms with Gasteiger partial charge in [-0.05, 0) is 73.0 Å². The molecule has 0 fully saturated rings. The topological polar surface area (TPSA) is 25.8 Å². The van der Waals surface area contributed by atoms with Crippen LogP contribution in [-0.2, 0) is 5.66 Å². The fourth-order valence-electron chi connectivity index (χ4n) is 10.6. The van der Waals surface area contributed by atoms with Crippen LogP contribution in [0.1, 0.15) is 22.3 Å². The molecule has 0 radical (unpaired) electrons. The minimum atomic E-state index is -1.80. The molecule has 10 aromatic rings. The first-order valence-corrected chi connectivity index (χ1v) is 24.2. The largest absolute Gasteiger partial charge is 0.455 e. The highest BCUT2D eigenvalue weighted by molar-refractivity contribution is 6.88. The average Bonchev–Trinajstić information content (AvgIpc) is 3.96. The van der Waals surface area contributed by atoms with Gasteiger partial charge < -0.3 is 4.42 Å². The first kappa shape index (κ1) is 34.2. The third-order valence-corrected chi connectivity index (χ3v) is 15.1. The van der Waals surface area contributed by atoms with E-state index in [1.165, 1.54) is 61.0 Å². The van der Waals surface area contributed by atoms with Crippen LogP contribution in [0, 0.1) is 13.8 Å². The second-order valence-electron chi connectivity index (χ2n) is 17.5. The number of imidazole rings is 1. The number of aromatic nitrogens is 3. The molecule has 5 heteroatoms. The van der Waals surface area contributed by atoms with Crippen LogP contribution in [0.4, 0.5) is 0 Å². The summed E-state index contributed by atoms with van der Waals surface area (Å²) in [6, 6.07) is 60.3. The summed E-state index contributed by atoms with van der Waals surface area (Å²) in [4.78, 5) is 0. The van der Waals surface area contributed by atoms with E-state index in [9.17, 15) is 0 Å². The van der Waals surface area contributed by atoms with E-state index in [1.54, 1.807) is 0 Å². The highest BCUT2D eigenvalue weighted by Crippen LogP contribution is 2.53. The Morgan fingerprint density at radius 2 is 1.27 bits per heavy atom. The predicted molar refractivity (Wildman–Crippen MR) is 243 cm³/mol. The molecule has 3 aromatic heterocycles. The summed E-state index contributed by atoms with van der Waals surface area (Å²) in [6.45, 7) is 12.0. The lowest BCUT2D eigenvalue weighted by Crippen LogP contribution is -2.72. The molecule has 1 spiro atoms. The van der Waals surface area contributed by atoms with Gasteiger partial charge in [-0.1, -0.05) is 140 Å². The molecule has 0 saturated carbocycles. The highest BCUT2D eigenvalue weighted by Gasteiger charge is 2.67. The molecule has 7 aromatic carbocycles. The van der Waals surface area contributed by atoms with Gasteiger partial charge in [-0.15, -0.1) is 9.13 Å². The number of rotatable bonds is 4. The number of furan rings is 1. The molecule has 0 aliphatic carbocycles. The zero-order valence-corrected chi connectivity index (χ0v) is 34.9. The van der Waals surface area contributed by atoms with Gasteiger partial charge in [0.15, 0.2) is 22.8 Å². The number of hydrogen-bond donors (Lipinski definition) is 0. The normalized spacial score (nSPS) is 15.3. The Morgan fingerprint density at radius 1 is 0.593 bits per heavy atom. The molecule has 1 unspecified atom stereocenters. The summed E-state index contributed by atoms with van der Waals surface area (Å²) in [5.41, 5.74) is 17.9. The lowest BCUT2D eigenvalue weighted by Gasteiger charge is -2.23. The lowest BCUT2D eigenvalue weighted by molar-refractivity contribution is -0.944. The van der Waals surface area contributed by atoms with Crippen molar-refractivity contribution in [3.63, 3.8) is 0 Å². The van der Waals surface area contributed by atoms with Gasteiger partial charge in [0, 0.05) is 33.2 Å². The van der Waals surface area contributed by atoms with E-state index in [4.69, 9.17) is 4.42 Å². The molecule has 4 nitrogen and oxygen atoms in total. The molecule has 0 bridgehead atoms. The van der Waals surface area contributed by atoms with Crippen LogP contribution in [-0.4, -0.2) is 12.6 Å². The molecular formula is C54H43N3OSi+2. The van der Waals surface area contributed by atoms with Crippen LogP contribution in [0.15, 0.2) is 174 Å². The van der Waals surface area contributed by atoms with Crippen molar-refractivity contribution in [3.05, 3.63) is 192 Å². The number of benzene rings is 7. The number of aryl methyl sites for hydroxylation is 2. The van der Waals surface area contributed by atoms with Crippen molar-refractivity contribution in [1.29, 1.82) is 0 Å². The van der Waals surface area contributed by atoms with Crippen molar-refractivity contribution < 1.29 is 13.6 Å². The third-order valence-electron chi connectivity index (χ3n) is 13.0. The summed E-state index contributed by atoms with van der Waals surface area (Å²) in [5.74, 6) is 1.11. The van der Waals surface area contributed by atoms with E-state index in [0.29, 0.717) is 0 Å². The van der Waals surface area contributed by atoms with Gasteiger partial charge in [-0.3, -0.25) is 0 Å². The summed E-state index contributed by atoms with van der Waals surface area (Å²) < 4.78 is 15.0. The molecule has 2 aliphatic rings. The van der Waals surface area contributed by atoms with Crippen LogP contribution in [0.2, 0.25) is 19.6 Å². The van der Waals surface area contributed by atoms with E-state index >= 15 is 0 Å². The number of para-hydroxylation sites is 4.